The first-order chi connectivity index (χ1) is 12.8. The third kappa shape index (κ3) is 4.98. The summed E-state index contributed by atoms with van der Waals surface area (Å²) in [4.78, 5) is 11.8. The highest BCUT2D eigenvalue weighted by Crippen LogP contribution is 2.39. The molecule has 4 nitrogen and oxygen atoms in total. The van der Waals surface area contributed by atoms with E-state index in [0.29, 0.717) is 30.8 Å². The van der Waals surface area contributed by atoms with Crippen LogP contribution >= 0.6 is 0 Å². The Labute approximate surface area is 163 Å². The molecule has 0 spiro atoms. The van der Waals surface area contributed by atoms with Crippen molar-refractivity contribution < 1.29 is 13.2 Å². The van der Waals surface area contributed by atoms with Crippen molar-refractivity contribution in [3.8, 4) is 0 Å². The van der Waals surface area contributed by atoms with Crippen LogP contribution in [0.2, 0.25) is 0 Å². The Balaban J connectivity index is 1.83. The monoisotopic (exact) mass is 387 g/mol. The first-order valence-corrected chi connectivity index (χ1v) is 11.2. The van der Waals surface area contributed by atoms with Crippen molar-refractivity contribution in [2.24, 2.45) is 5.41 Å². The molecular formula is C22H29NO3S. The molecule has 1 aromatic carbocycles. The van der Waals surface area contributed by atoms with Crippen LogP contribution in [0.5, 0.6) is 0 Å². The van der Waals surface area contributed by atoms with Crippen LogP contribution in [-0.4, -0.2) is 31.6 Å². The lowest BCUT2D eigenvalue weighted by atomic mass is 9.69. The lowest BCUT2D eigenvalue weighted by Crippen LogP contribution is -2.46. The molecule has 2 fully saturated rings. The average molecular weight is 388 g/mol. The van der Waals surface area contributed by atoms with Crippen LogP contribution in [0.15, 0.2) is 46.5 Å². The molecule has 0 N–H and O–H groups in total. The van der Waals surface area contributed by atoms with Gasteiger partial charge in [0.15, 0.2) is 0 Å². The van der Waals surface area contributed by atoms with Crippen molar-refractivity contribution in [2.75, 3.05) is 13.1 Å². The molecule has 27 heavy (non-hydrogen) atoms. The van der Waals surface area contributed by atoms with E-state index in [2.05, 4.69) is 5.73 Å². The quantitative estimate of drug-likeness (QED) is 0.680. The topological polar surface area (TPSA) is 54.5 Å². The fourth-order valence-electron chi connectivity index (χ4n) is 3.96. The van der Waals surface area contributed by atoms with Crippen LogP contribution in [0.4, 0.5) is 0 Å². The van der Waals surface area contributed by atoms with Crippen molar-refractivity contribution in [1.82, 2.24) is 4.31 Å². The summed E-state index contributed by atoms with van der Waals surface area (Å²) in [5.74, 6) is 0.213. The molecule has 2 saturated carbocycles. The van der Waals surface area contributed by atoms with Gasteiger partial charge in [0, 0.05) is 25.9 Å². The molecule has 0 saturated heterocycles. The minimum absolute atomic E-state index is 0.213. The van der Waals surface area contributed by atoms with Gasteiger partial charge in [-0.2, -0.15) is 4.31 Å². The van der Waals surface area contributed by atoms with Crippen LogP contribution in [0.25, 0.3) is 0 Å². The summed E-state index contributed by atoms with van der Waals surface area (Å²) in [6, 6.07) is 6.96. The van der Waals surface area contributed by atoms with Gasteiger partial charge < -0.3 is 0 Å². The number of nitrogens with zero attached hydrogens (tertiary/aromatic N) is 1. The molecule has 2 aliphatic carbocycles. The number of aryl methyl sites for hydroxylation is 1. The van der Waals surface area contributed by atoms with Crippen LogP contribution in [-0.2, 0) is 14.8 Å². The molecule has 0 amide bonds. The predicted octanol–water partition coefficient (Wildman–Crippen LogP) is 4.40. The van der Waals surface area contributed by atoms with Crippen molar-refractivity contribution in [3.63, 3.8) is 0 Å². The van der Waals surface area contributed by atoms with Gasteiger partial charge in [-0.1, -0.05) is 31.0 Å². The van der Waals surface area contributed by atoms with Gasteiger partial charge in [0.05, 0.1) is 4.90 Å². The number of hydrogen-bond acceptors (Lipinski definition) is 3. The number of benzene rings is 1. The number of carbonyl (C=O) groups excluding carboxylic acids is 1. The first kappa shape index (κ1) is 20.1. The van der Waals surface area contributed by atoms with E-state index >= 15 is 0 Å². The molecule has 0 radical (unpaired) electrons. The molecule has 0 bridgehead atoms. The maximum Gasteiger partial charge on any atom is 0.243 e. The summed E-state index contributed by atoms with van der Waals surface area (Å²) in [5.41, 5.74) is 5.39. The van der Waals surface area contributed by atoms with Crippen LogP contribution in [0, 0.1) is 12.3 Å². The summed E-state index contributed by atoms with van der Waals surface area (Å²) in [6.45, 7) is 4.59. The van der Waals surface area contributed by atoms with E-state index in [-0.39, 0.29) is 11.2 Å². The maximum atomic E-state index is 13.2. The second kappa shape index (κ2) is 8.14. The van der Waals surface area contributed by atoms with Crippen molar-refractivity contribution in [2.45, 2.75) is 63.7 Å². The number of hydrogen-bond donors (Lipinski definition) is 0. The number of carbonyl (C=O) groups is 1. The molecule has 1 aromatic rings. The number of sulfonamides is 1. The lowest BCUT2D eigenvalue weighted by Gasteiger charge is -2.40. The van der Waals surface area contributed by atoms with E-state index in [1.807, 2.05) is 32.1 Å². The van der Waals surface area contributed by atoms with Gasteiger partial charge in [-0.15, -0.1) is 5.73 Å². The van der Waals surface area contributed by atoms with E-state index in [4.69, 9.17) is 0 Å². The molecule has 3 rings (SSSR count). The Bertz CT molecular complexity index is 845. The van der Waals surface area contributed by atoms with Crippen LogP contribution in [0.1, 0.15) is 57.4 Å². The molecular weight excluding hydrogens is 358 g/mol. The van der Waals surface area contributed by atoms with Gasteiger partial charge in [0.2, 0.25) is 10.0 Å². The zero-order chi connectivity index (χ0) is 19.5. The second-order valence-electron chi connectivity index (χ2n) is 8.33. The van der Waals surface area contributed by atoms with Gasteiger partial charge in [-0.25, -0.2) is 8.42 Å². The number of rotatable bonds is 6. The second-order valence-corrected chi connectivity index (χ2v) is 10.3. The minimum atomic E-state index is -3.61. The van der Waals surface area contributed by atoms with Crippen molar-refractivity contribution in [1.29, 1.82) is 0 Å². The highest BCUT2D eigenvalue weighted by atomic mass is 32.2. The SMILES string of the molecule is Cc1ccc(S(=O)(=O)N(CC=C=C2CCCCC2)CC2(C)CC(=O)C2)cc1. The van der Waals surface area contributed by atoms with Gasteiger partial charge in [-0.3, -0.25) is 4.79 Å². The van der Waals surface area contributed by atoms with Crippen LogP contribution < -0.4 is 0 Å². The zero-order valence-corrected chi connectivity index (χ0v) is 17.1. The summed E-state index contributed by atoms with van der Waals surface area (Å²) in [6.07, 6.45) is 8.56. The summed E-state index contributed by atoms with van der Waals surface area (Å²) >= 11 is 0. The van der Waals surface area contributed by atoms with Crippen molar-refractivity contribution in [3.05, 3.63) is 47.2 Å². The Morgan fingerprint density at radius 1 is 1.11 bits per heavy atom. The first-order valence-electron chi connectivity index (χ1n) is 9.80. The van der Waals surface area contributed by atoms with Gasteiger partial charge in [0.1, 0.15) is 5.78 Å². The number of ketones is 1. The fraction of sp³-hybridized carbons (Fsp3) is 0.545. The van der Waals surface area contributed by atoms with Gasteiger partial charge >= 0.3 is 0 Å². The Hall–Kier alpha value is -1.68. The molecule has 0 aromatic heterocycles. The number of Topliss-reactive ketones (excluding diaryl/α,β-unsaturated/α-hetero) is 1. The van der Waals surface area contributed by atoms with Crippen LogP contribution in [0.3, 0.4) is 0 Å². The summed E-state index contributed by atoms with van der Waals surface area (Å²) in [7, 11) is -3.61. The van der Waals surface area contributed by atoms with Gasteiger partial charge in [0.25, 0.3) is 0 Å². The summed E-state index contributed by atoms with van der Waals surface area (Å²) in [5, 5.41) is 0. The molecule has 5 heteroatoms. The Morgan fingerprint density at radius 2 is 1.74 bits per heavy atom. The highest BCUT2D eigenvalue weighted by Gasteiger charge is 2.42. The predicted molar refractivity (Wildman–Crippen MR) is 107 cm³/mol. The maximum absolute atomic E-state index is 13.2. The van der Waals surface area contributed by atoms with E-state index in [9.17, 15) is 13.2 Å². The third-order valence-electron chi connectivity index (χ3n) is 5.52. The minimum Gasteiger partial charge on any atom is -0.300 e. The smallest absolute Gasteiger partial charge is 0.243 e. The average Bonchev–Trinajstić information content (AvgIpc) is 2.61. The third-order valence-corrected chi connectivity index (χ3v) is 7.35. The normalized spacial score (nSPS) is 19.5. The van der Waals surface area contributed by atoms with Crippen molar-refractivity contribution >= 4 is 15.8 Å². The zero-order valence-electron chi connectivity index (χ0n) is 16.3. The molecule has 146 valence electrons. The van der Waals surface area contributed by atoms with E-state index < -0.39 is 10.0 Å². The fourth-order valence-corrected chi connectivity index (χ4v) is 5.49. The standard InChI is InChI=1S/C22H29NO3S/c1-18-10-12-21(13-11-18)27(25,26)23(17-22(2)15-20(24)16-22)14-6-9-19-7-4-3-5-8-19/h6,10-13H,3-5,7-8,14-17H2,1-2H3. The molecule has 0 aliphatic heterocycles. The van der Waals surface area contributed by atoms with E-state index in [0.717, 1.165) is 18.4 Å². The Kier molecular flexibility index (Phi) is 6.05. The molecule has 0 atom stereocenters. The molecule has 0 heterocycles. The molecule has 0 unspecified atom stereocenters. The largest absolute Gasteiger partial charge is 0.300 e. The highest BCUT2D eigenvalue weighted by molar-refractivity contribution is 7.89. The van der Waals surface area contributed by atoms with Gasteiger partial charge in [-0.05, 0) is 61.8 Å². The lowest BCUT2D eigenvalue weighted by molar-refractivity contribution is -0.132. The molecule has 2 aliphatic rings. The Morgan fingerprint density at radius 3 is 2.33 bits per heavy atom. The summed E-state index contributed by atoms with van der Waals surface area (Å²) < 4.78 is 27.9. The van der Waals surface area contributed by atoms with E-state index in [1.54, 1.807) is 12.1 Å². The van der Waals surface area contributed by atoms with E-state index in [1.165, 1.54) is 29.1 Å².